The summed E-state index contributed by atoms with van der Waals surface area (Å²) in [7, 11) is 0. The minimum absolute atomic E-state index is 0.561. The fourth-order valence-corrected chi connectivity index (χ4v) is 4.85. The molecule has 0 saturated heterocycles. The molecule has 1 aliphatic carbocycles. The van der Waals surface area contributed by atoms with Crippen molar-refractivity contribution in [3.8, 4) is 0 Å². The van der Waals surface area contributed by atoms with Crippen molar-refractivity contribution in [3.05, 3.63) is 15.6 Å². The Bertz CT molecular complexity index is 498. The van der Waals surface area contributed by atoms with Gasteiger partial charge in [0.2, 0.25) is 0 Å². The molecule has 1 saturated carbocycles. The molecule has 0 radical (unpaired) electrons. The lowest BCUT2D eigenvalue weighted by molar-refractivity contribution is 0.615. The molecular formula is C16H28N4S2. The van der Waals surface area contributed by atoms with Crippen LogP contribution in [-0.4, -0.2) is 34.5 Å². The minimum Gasteiger partial charge on any atom is -0.357 e. The van der Waals surface area contributed by atoms with E-state index in [1.807, 2.05) is 0 Å². The van der Waals surface area contributed by atoms with Gasteiger partial charge in [0, 0.05) is 22.7 Å². The highest BCUT2D eigenvalue weighted by Gasteiger charge is 2.25. The highest BCUT2D eigenvalue weighted by molar-refractivity contribution is 7.99. The van der Waals surface area contributed by atoms with E-state index in [0.29, 0.717) is 12.6 Å². The third-order valence-electron chi connectivity index (χ3n) is 3.85. The van der Waals surface area contributed by atoms with Crippen LogP contribution >= 0.6 is 23.1 Å². The van der Waals surface area contributed by atoms with Crippen LogP contribution in [0.2, 0.25) is 0 Å². The normalized spacial score (nSPS) is 22.1. The van der Waals surface area contributed by atoms with Crippen molar-refractivity contribution in [1.82, 2.24) is 15.6 Å². The van der Waals surface area contributed by atoms with Gasteiger partial charge < -0.3 is 10.6 Å². The summed E-state index contributed by atoms with van der Waals surface area (Å²) < 4.78 is 0. The monoisotopic (exact) mass is 340 g/mol. The van der Waals surface area contributed by atoms with Gasteiger partial charge >= 0.3 is 0 Å². The van der Waals surface area contributed by atoms with E-state index in [0.717, 1.165) is 28.5 Å². The molecule has 1 heterocycles. The van der Waals surface area contributed by atoms with E-state index in [4.69, 9.17) is 4.99 Å². The number of nitrogens with zero attached hydrogens (tertiary/aromatic N) is 2. The summed E-state index contributed by atoms with van der Waals surface area (Å²) in [6, 6.07) is 0.561. The summed E-state index contributed by atoms with van der Waals surface area (Å²) in [6.07, 6.45) is 3.82. The van der Waals surface area contributed by atoms with Gasteiger partial charge in [-0.25, -0.2) is 9.98 Å². The number of guanidine groups is 1. The predicted octanol–water partition coefficient (Wildman–Crippen LogP) is 3.49. The van der Waals surface area contributed by atoms with Crippen LogP contribution in [0.5, 0.6) is 0 Å². The van der Waals surface area contributed by atoms with E-state index in [2.05, 4.69) is 55.1 Å². The lowest BCUT2D eigenvalue weighted by Gasteiger charge is -2.17. The van der Waals surface area contributed by atoms with Gasteiger partial charge in [0.15, 0.2) is 5.96 Å². The fourth-order valence-electron chi connectivity index (χ4n) is 2.84. The van der Waals surface area contributed by atoms with E-state index < -0.39 is 0 Å². The van der Waals surface area contributed by atoms with Gasteiger partial charge in [-0.1, -0.05) is 6.92 Å². The molecule has 124 valence electrons. The van der Waals surface area contributed by atoms with Crippen molar-refractivity contribution in [2.24, 2.45) is 4.99 Å². The molecule has 1 aromatic rings. The Morgan fingerprint density at radius 1 is 1.36 bits per heavy atom. The van der Waals surface area contributed by atoms with Crippen molar-refractivity contribution in [2.75, 3.05) is 12.3 Å². The maximum Gasteiger partial charge on any atom is 0.191 e. The van der Waals surface area contributed by atoms with Crippen molar-refractivity contribution in [2.45, 2.75) is 64.8 Å². The Labute approximate surface area is 142 Å². The molecule has 0 aliphatic heterocycles. The SMILES string of the molecule is CCNC(=NCc1sc(C)nc1C)NC1CCC(SCC)C1. The van der Waals surface area contributed by atoms with Crippen LogP contribution in [0.4, 0.5) is 0 Å². The summed E-state index contributed by atoms with van der Waals surface area (Å²) in [5, 5.41) is 8.92. The lowest BCUT2D eigenvalue weighted by Crippen LogP contribution is -2.42. The highest BCUT2D eigenvalue weighted by atomic mass is 32.2. The first kappa shape index (κ1) is 17.6. The Morgan fingerprint density at radius 2 is 2.18 bits per heavy atom. The second-order valence-electron chi connectivity index (χ2n) is 5.67. The Balaban J connectivity index is 1.92. The Hall–Kier alpha value is -0.750. The second kappa shape index (κ2) is 8.77. The van der Waals surface area contributed by atoms with Gasteiger partial charge in [0.05, 0.1) is 17.2 Å². The number of nitrogens with one attached hydrogen (secondary N) is 2. The summed E-state index contributed by atoms with van der Waals surface area (Å²) in [5.41, 5.74) is 1.11. The van der Waals surface area contributed by atoms with Gasteiger partial charge in [-0.05, 0) is 45.8 Å². The van der Waals surface area contributed by atoms with Crippen LogP contribution < -0.4 is 10.6 Å². The molecule has 2 N–H and O–H groups in total. The molecule has 0 amide bonds. The molecule has 2 unspecified atom stereocenters. The minimum atomic E-state index is 0.561. The molecule has 4 nitrogen and oxygen atoms in total. The average Bonchev–Trinajstić information content (AvgIpc) is 3.03. The van der Waals surface area contributed by atoms with Crippen molar-refractivity contribution in [1.29, 1.82) is 0 Å². The zero-order valence-electron chi connectivity index (χ0n) is 14.1. The first-order valence-corrected chi connectivity index (χ1v) is 10.1. The predicted molar refractivity (Wildman–Crippen MR) is 99.1 cm³/mol. The van der Waals surface area contributed by atoms with Crippen LogP contribution in [0.3, 0.4) is 0 Å². The van der Waals surface area contributed by atoms with Gasteiger partial charge in [-0.2, -0.15) is 11.8 Å². The molecule has 0 bridgehead atoms. The zero-order chi connectivity index (χ0) is 15.9. The van der Waals surface area contributed by atoms with E-state index in [1.165, 1.54) is 29.9 Å². The van der Waals surface area contributed by atoms with Crippen LogP contribution in [0, 0.1) is 13.8 Å². The van der Waals surface area contributed by atoms with Crippen molar-refractivity contribution in [3.63, 3.8) is 0 Å². The number of thioether (sulfide) groups is 1. The molecule has 0 aromatic carbocycles. The first-order valence-electron chi connectivity index (χ1n) is 8.21. The summed E-state index contributed by atoms with van der Waals surface area (Å²) >= 11 is 3.84. The molecule has 1 aromatic heterocycles. The number of thiazole rings is 1. The van der Waals surface area contributed by atoms with E-state index in [9.17, 15) is 0 Å². The van der Waals surface area contributed by atoms with E-state index in [-0.39, 0.29) is 0 Å². The summed E-state index contributed by atoms with van der Waals surface area (Å²) in [5.74, 6) is 2.16. The molecule has 6 heteroatoms. The van der Waals surface area contributed by atoms with Gasteiger partial charge in [-0.15, -0.1) is 11.3 Å². The van der Waals surface area contributed by atoms with Crippen LogP contribution in [0.15, 0.2) is 4.99 Å². The number of hydrogen-bond donors (Lipinski definition) is 2. The number of aryl methyl sites for hydroxylation is 2. The lowest BCUT2D eigenvalue weighted by atomic mass is 10.2. The Kier molecular flexibility index (Phi) is 7.02. The quantitative estimate of drug-likeness (QED) is 0.615. The molecule has 22 heavy (non-hydrogen) atoms. The number of aliphatic imine (C=N–C) groups is 1. The third kappa shape index (κ3) is 5.16. The molecule has 1 fully saturated rings. The van der Waals surface area contributed by atoms with Crippen molar-refractivity contribution >= 4 is 29.1 Å². The molecule has 0 spiro atoms. The summed E-state index contributed by atoms with van der Waals surface area (Å²) in [4.78, 5) is 10.5. The van der Waals surface area contributed by atoms with Gasteiger partial charge in [0.25, 0.3) is 0 Å². The maximum absolute atomic E-state index is 4.75. The standard InChI is InChI=1S/C16H28N4S2/c1-5-17-16(18-10-15-11(3)19-12(4)22-15)20-13-7-8-14(9-13)21-6-2/h13-14H,5-10H2,1-4H3,(H2,17,18,20). The number of aromatic nitrogens is 1. The topological polar surface area (TPSA) is 49.3 Å². The third-order valence-corrected chi connectivity index (χ3v) is 6.14. The highest BCUT2D eigenvalue weighted by Crippen LogP contribution is 2.29. The van der Waals surface area contributed by atoms with Gasteiger partial charge in [-0.3, -0.25) is 0 Å². The number of rotatable bonds is 6. The van der Waals surface area contributed by atoms with Crippen LogP contribution in [0.1, 0.15) is 48.7 Å². The fraction of sp³-hybridized carbons (Fsp3) is 0.750. The van der Waals surface area contributed by atoms with E-state index >= 15 is 0 Å². The summed E-state index contributed by atoms with van der Waals surface area (Å²) in [6.45, 7) is 10.1. The zero-order valence-corrected chi connectivity index (χ0v) is 15.7. The maximum atomic E-state index is 4.75. The van der Waals surface area contributed by atoms with Gasteiger partial charge in [0.1, 0.15) is 0 Å². The molecule has 1 aliphatic rings. The second-order valence-corrected chi connectivity index (χ2v) is 8.53. The molecular weight excluding hydrogens is 312 g/mol. The van der Waals surface area contributed by atoms with Crippen molar-refractivity contribution < 1.29 is 0 Å². The Morgan fingerprint density at radius 3 is 2.82 bits per heavy atom. The number of hydrogen-bond acceptors (Lipinski definition) is 4. The molecule has 2 atom stereocenters. The first-order chi connectivity index (χ1) is 10.6. The average molecular weight is 341 g/mol. The van der Waals surface area contributed by atoms with Crippen LogP contribution in [0.25, 0.3) is 0 Å². The van der Waals surface area contributed by atoms with Crippen LogP contribution in [-0.2, 0) is 6.54 Å². The molecule has 2 rings (SSSR count). The smallest absolute Gasteiger partial charge is 0.191 e. The van der Waals surface area contributed by atoms with E-state index in [1.54, 1.807) is 11.3 Å². The largest absolute Gasteiger partial charge is 0.357 e.